The van der Waals surface area contributed by atoms with Gasteiger partial charge in [-0.05, 0) is 86.2 Å². The Morgan fingerprint density at radius 3 is 2.10 bits per heavy atom. The van der Waals surface area contributed by atoms with Crippen LogP contribution in [0.15, 0.2) is 50.4 Å². The van der Waals surface area contributed by atoms with Crippen molar-refractivity contribution in [2.45, 2.75) is 60.3 Å². The lowest BCUT2D eigenvalue weighted by atomic mass is 9.72. The number of amides is 1. The Balaban J connectivity index is 2.04. The maximum Gasteiger partial charge on any atom is 0.277 e. The molecule has 31 heavy (non-hydrogen) atoms. The Labute approximate surface area is 203 Å². The summed E-state index contributed by atoms with van der Waals surface area (Å²) in [6.07, 6.45) is 1.04. The summed E-state index contributed by atoms with van der Waals surface area (Å²) in [5, 5.41) is 4.18. The molecule has 168 valence electrons. The summed E-state index contributed by atoms with van der Waals surface area (Å²) in [7, 11) is 0. The molecule has 1 amide bonds. The monoisotopic (exact) mass is 550 g/mol. The highest BCUT2D eigenvalue weighted by Gasteiger charge is 2.28. The zero-order chi connectivity index (χ0) is 23.4. The number of carbonyl (C=O) groups is 1. The average molecular weight is 552 g/mol. The molecule has 1 N–H and O–H groups in total. The molecular weight excluding hydrogens is 520 g/mol. The standard InChI is InChI=1S/C25H32Br2N2O2/c1-16-8-10-18(11-9-16)17(2)28-29-22(30)14-31-23-20(26)12-19(13-21(23)27)25(6,7)15-24(3,4)5/h8-13H,14-15H2,1-7H3,(H,29,30). The van der Waals surface area contributed by atoms with Crippen molar-refractivity contribution in [2.75, 3.05) is 6.61 Å². The van der Waals surface area contributed by atoms with Crippen LogP contribution in [0.1, 0.15) is 64.7 Å². The number of nitrogens with one attached hydrogen (secondary N) is 1. The van der Waals surface area contributed by atoms with E-state index in [4.69, 9.17) is 4.74 Å². The van der Waals surface area contributed by atoms with E-state index in [2.05, 4.69) is 89.1 Å². The summed E-state index contributed by atoms with van der Waals surface area (Å²) in [6, 6.07) is 12.1. The predicted molar refractivity (Wildman–Crippen MR) is 136 cm³/mol. The van der Waals surface area contributed by atoms with Crippen LogP contribution in [0.3, 0.4) is 0 Å². The first kappa shape index (κ1) is 25.6. The largest absolute Gasteiger partial charge is 0.481 e. The van der Waals surface area contributed by atoms with E-state index in [0.29, 0.717) is 5.75 Å². The fourth-order valence-electron chi connectivity index (χ4n) is 3.69. The molecule has 2 aromatic rings. The average Bonchev–Trinajstić information content (AvgIpc) is 2.64. The molecule has 0 saturated heterocycles. The van der Waals surface area contributed by atoms with Crippen LogP contribution < -0.4 is 10.2 Å². The predicted octanol–water partition coefficient (Wildman–Crippen LogP) is 7.15. The molecule has 0 heterocycles. The van der Waals surface area contributed by atoms with Gasteiger partial charge in [-0.2, -0.15) is 5.10 Å². The lowest BCUT2D eigenvalue weighted by Gasteiger charge is -2.33. The van der Waals surface area contributed by atoms with E-state index in [1.165, 1.54) is 11.1 Å². The third-order valence-corrected chi connectivity index (χ3v) is 6.10. The number of aryl methyl sites for hydroxylation is 1. The summed E-state index contributed by atoms with van der Waals surface area (Å²) in [5.41, 5.74) is 6.86. The van der Waals surface area contributed by atoms with Gasteiger partial charge in [-0.25, -0.2) is 5.43 Å². The molecule has 2 aromatic carbocycles. The number of halogens is 2. The van der Waals surface area contributed by atoms with Gasteiger partial charge in [0.25, 0.3) is 5.91 Å². The Bertz CT molecular complexity index is 935. The van der Waals surface area contributed by atoms with Gasteiger partial charge >= 0.3 is 0 Å². The van der Waals surface area contributed by atoms with E-state index < -0.39 is 0 Å². The summed E-state index contributed by atoms with van der Waals surface area (Å²) in [4.78, 5) is 12.2. The van der Waals surface area contributed by atoms with Crippen LogP contribution in [0, 0.1) is 12.3 Å². The van der Waals surface area contributed by atoms with Crippen LogP contribution in [0.5, 0.6) is 5.75 Å². The molecule has 0 unspecified atom stereocenters. The van der Waals surface area contributed by atoms with Gasteiger partial charge in [0.15, 0.2) is 6.61 Å². The SMILES string of the molecule is CC(=NNC(=O)COc1c(Br)cc(C(C)(C)CC(C)(C)C)cc1Br)c1ccc(C)cc1. The minimum atomic E-state index is -0.317. The van der Waals surface area contributed by atoms with Gasteiger partial charge in [-0.3, -0.25) is 4.79 Å². The summed E-state index contributed by atoms with van der Waals surface area (Å²) in [6.45, 7) is 15.0. The van der Waals surface area contributed by atoms with Crippen molar-refractivity contribution in [3.63, 3.8) is 0 Å². The molecule has 0 aliphatic heterocycles. The van der Waals surface area contributed by atoms with E-state index in [9.17, 15) is 4.79 Å². The van der Waals surface area contributed by atoms with Crippen molar-refractivity contribution in [1.82, 2.24) is 5.43 Å². The molecule has 0 aromatic heterocycles. The lowest BCUT2D eigenvalue weighted by Crippen LogP contribution is -2.26. The summed E-state index contributed by atoms with van der Waals surface area (Å²) < 4.78 is 7.40. The molecule has 0 radical (unpaired) electrons. The third kappa shape index (κ3) is 7.76. The van der Waals surface area contributed by atoms with Gasteiger partial charge in [-0.1, -0.05) is 64.4 Å². The van der Waals surface area contributed by atoms with Crippen molar-refractivity contribution in [2.24, 2.45) is 10.5 Å². The molecule has 0 bridgehead atoms. The van der Waals surface area contributed by atoms with Crippen molar-refractivity contribution in [3.05, 3.63) is 62.0 Å². The normalized spacial score (nSPS) is 12.6. The number of hydrazone groups is 1. The van der Waals surface area contributed by atoms with E-state index in [1.807, 2.05) is 38.1 Å². The second kappa shape index (κ2) is 10.3. The number of ether oxygens (including phenoxy) is 1. The number of carbonyl (C=O) groups excluding carboxylic acids is 1. The molecule has 2 rings (SSSR count). The second-order valence-electron chi connectivity index (χ2n) is 9.78. The molecule has 0 atom stereocenters. The first-order valence-electron chi connectivity index (χ1n) is 10.3. The van der Waals surface area contributed by atoms with Crippen LogP contribution in [0.4, 0.5) is 0 Å². The zero-order valence-corrected chi connectivity index (χ0v) is 22.6. The molecule has 0 saturated carbocycles. The second-order valence-corrected chi connectivity index (χ2v) is 11.5. The van der Waals surface area contributed by atoms with E-state index in [0.717, 1.165) is 26.6 Å². The Morgan fingerprint density at radius 2 is 1.58 bits per heavy atom. The van der Waals surface area contributed by atoms with Crippen LogP contribution >= 0.6 is 31.9 Å². The van der Waals surface area contributed by atoms with E-state index in [-0.39, 0.29) is 23.3 Å². The molecule has 0 fully saturated rings. The molecule has 0 spiro atoms. The van der Waals surface area contributed by atoms with Gasteiger partial charge < -0.3 is 4.74 Å². The molecule has 0 aliphatic carbocycles. The minimum Gasteiger partial charge on any atom is -0.481 e. The fraction of sp³-hybridized carbons (Fsp3) is 0.440. The molecule has 4 nitrogen and oxygen atoms in total. The maximum atomic E-state index is 12.2. The lowest BCUT2D eigenvalue weighted by molar-refractivity contribution is -0.123. The number of rotatable bonds is 7. The first-order valence-corrected chi connectivity index (χ1v) is 11.9. The number of hydrogen-bond acceptors (Lipinski definition) is 3. The topological polar surface area (TPSA) is 50.7 Å². The number of hydrogen-bond donors (Lipinski definition) is 1. The van der Waals surface area contributed by atoms with Crippen molar-refractivity contribution >= 4 is 43.5 Å². The van der Waals surface area contributed by atoms with Gasteiger partial charge in [0, 0.05) is 0 Å². The van der Waals surface area contributed by atoms with Crippen LogP contribution in [0.2, 0.25) is 0 Å². The maximum absolute atomic E-state index is 12.2. The van der Waals surface area contributed by atoms with Crippen LogP contribution in [-0.2, 0) is 10.2 Å². The minimum absolute atomic E-state index is 0.00140. The Morgan fingerprint density at radius 1 is 1.03 bits per heavy atom. The zero-order valence-electron chi connectivity index (χ0n) is 19.4. The van der Waals surface area contributed by atoms with E-state index in [1.54, 1.807) is 0 Å². The van der Waals surface area contributed by atoms with E-state index >= 15 is 0 Å². The van der Waals surface area contributed by atoms with Crippen molar-refractivity contribution < 1.29 is 9.53 Å². The van der Waals surface area contributed by atoms with Gasteiger partial charge in [0.2, 0.25) is 0 Å². The molecule has 0 aliphatic rings. The van der Waals surface area contributed by atoms with Crippen LogP contribution in [0.25, 0.3) is 0 Å². The summed E-state index contributed by atoms with van der Waals surface area (Å²) in [5.74, 6) is 0.284. The summed E-state index contributed by atoms with van der Waals surface area (Å²) >= 11 is 7.21. The Hall–Kier alpha value is -1.66. The number of benzene rings is 2. The van der Waals surface area contributed by atoms with Crippen molar-refractivity contribution in [3.8, 4) is 5.75 Å². The number of nitrogens with zero attached hydrogens (tertiary/aromatic N) is 1. The van der Waals surface area contributed by atoms with Crippen LogP contribution in [-0.4, -0.2) is 18.2 Å². The Kier molecular flexibility index (Phi) is 8.51. The third-order valence-electron chi connectivity index (χ3n) is 4.92. The fourth-order valence-corrected chi connectivity index (χ4v) is 5.11. The van der Waals surface area contributed by atoms with Gasteiger partial charge in [0.1, 0.15) is 5.75 Å². The first-order chi connectivity index (χ1) is 14.3. The van der Waals surface area contributed by atoms with Crippen molar-refractivity contribution in [1.29, 1.82) is 0 Å². The van der Waals surface area contributed by atoms with Gasteiger partial charge in [-0.15, -0.1) is 0 Å². The molecular formula is C25H32Br2N2O2. The quantitative estimate of drug-likeness (QED) is 0.293. The van der Waals surface area contributed by atoms with Gasteiger partial charge in [0.05, 0.1) is 14.7 Å². The molecule has 6 heteroatoms. The smallest absolute Gasteiger partial charge is 0.277 e. The highest BCUT2D eigenvalue weighted by atomic mass is 79.9. The highest BCUT2D eigenvalue weighted by Crippen LogP contribution is 2.42. The highest BCUT2D eigenvalue weighted by molar-refractivity contribution is 9.11.